The van der Waals surface area contributed by atoms with Gasteiger partial charge in [-0.15, -0.1) is 0 Å². The molecule has 0 radical (unpaired) electrons. The van der Waals surface area contributed by atoms with Gasteiger partial charge in [0.2, 0.25) is 0 Å². The lowest BCUT2D eigenvalue weighted by molar-refractivity contribution is 0.870. The Morgan fingerprint density at radius 1 is 1.47 bits per heavy atom. The molecule has 2 aromatic heterocycles. The summed E-state index contributed by atoms with van der Waals surface area (Å²) < 4.78 is 1.85. The minimum Gasteiger partial charge on any atom is -0.396 e. The van der Waals surface area contributed by atoms with Crippen LogP contribution in [0.3, 0.4) is 0 Å². The fourth-order valence-electron chi connectivity index (χ4n) is 1.42. The van der Waals surface area contributed by atoms with Crippen LogP contribution < -0.4 is 5.73 Å². The summed E-state index contributed by atoms with van der Waals surface area (Å²) in [4.78, 5) is 8.39. The van der Waals surface area contributed by atoms with Crippen molar-refractivity contribution < 1.29 is 0 Å². The van der Waals surface area contributed by atoms with Crippen LogP contribution in [0.5, 0.6) is 0 Å². The van der Waals surface area contributed by atoms with Gasteiger partial charge in [0.1, 0.15) is 11.0 Å². The van der Waals surface area contributed by atoms with Gasteiger partial charge in [-0.1, -0.05) is 18.5 Å². The molecular weight excluding hydrogens is 212 g/mol. The highest BCUT2D eigenvalue weighted by Crippen LogP contribution is 2.19. The lowest BCUT2D eigenvalue weighted by atomic mass is 10.3. The van der Waals surface area contributed by atoms with E-state index in [0.717, 1.165) is 12.2 Å². The Labute approximate surface area is 92.7 Å². The van der Waals surface area contributed by atoms with Crippen molar-refractivity contribution in [2.45, 2.75) is 13.3 Å². The standard InChI is InChI=1S/C10H11ClN4/c1-2-9-13-5-6-15(9)10-7(12)3-4-8(11)14-10/h3-6H,2,12H2,1H3. The number of nitrogens with zero attached hydrogens (tertiary/aromatic N) is 3. The molecule has 15 heavy (non-hydrogen) atoms. The predicted molar refractivity (Wildman–Crippen MR) is 60.2 cm³/mol. The summed E-state index contributed by atoms with van der Waals surface area (Å²) in [5, 5.41) is 0.426. The second-order valence-electron chi connectivity index (χ2n) is 3.11. The van der Waals surface area contributed by atoms with Gasteiger partial charge in [-0.3, -0.25) is 4.57 Å². The number of rotatable bonds is 2. The van der Waals surface area contributed by atoms with Crippen LogP contribution in [0.1, 0.15) is 12.7 Å². The highest BCUT2D eigenvalue weighted by molar-refractivity contribution is 6.29. The molecule has 0 spiro atoms. The Morgan fingerprint density at radius 2 is 2.27 bits per heavy atom. The molecule has 78 valence electrons. The molecule has 0 saturated heterocycles. The third-order valence-corrected chi connectivity index (χ3v) is 2.34. The Bertz CT molecular complexity index is 478. The zero-order chi connectivity index (χ0) is 10.8. The van der Waals surface area contributed by atoms with Gasteiger partial charge >= 0.3 is 0 Å². The number of aromatic nitrogens is 3. The van der Waals surface area contributed by atoms with E-state index in [9.17, 15) is 0 Å². The molecule has 0 fully saturated rings. The smallest absolute Gasteiger partial charge is 0.163 e. The Kier molecular flexibility index (Phi) is 2.60. The molecule has 0 aliphatic rings. The maximum Gasteiger partial charge on any atom is 0.163 e. The molecule has 0 saturated carbocycles. The first-order valence-corrected chi connectivity index (χ1v) is 5.04. The van der Waals surface area contributed by atoms with Crippen molar-refractivity contribution >= 4 is 17.3 Å². The molecular formula is C10H11ClN4. The van der Waals surface area contributed by atoms with Crippen molar-refractivity contribution in [2.24, 2.45) is 0 Å². The molecule has 2 N–H and O–H groups in total. The number of nitrogens with two attached hydrogens (primary N) is 1. The summed E-state index contributed by atoms with van der Waals surface area (Å²) in [6.07, 6.45) is 4.37. The van der Waals surface area contributed by atoms with Crippen molar-refractivity contribution in [1.29, 1.82) is 0 Å². The molecule has 2 rings (SSSR count). The summed E-state index contributed by atoms with van der Waals surface area (Å²) in [6.45, 7) is 2.03. The maximum atomic E-state index is 5.83. The summed E-state index contributed by atoms with van der Waals surface area (Å²) >= 11 is 5.83. The van der Waals surface area contributed by atoms with Crippen molar-refractivity contribution in [3.05, 3.63) is 35.5 Å². The van der Waals surface area contributed by atoms with E-state index in [4.69, 9.17) is 17.3 Å². The summed E-state index contributed by atoms with van der Waals surface area (Å²) in [5.74, 6) is 1.55. The van der Waals surface area contributed by atoms with Crippen LogP contribution in [-0.4, -0.2) is 14.5 Å². The van der Waals surface area contributed by atoms with Crippen LogP contribution in [0.25, 0.3) is 5.82 Å². The number of imidazole rings is 1. The van der Waals surface area contributed by atoms with E-state index in [0.29, 0.717) is 16.7 Å². The van der Waals surface area contributed by atoms with Gasteiger partial charge in [-0.2, -0.15) is 0 Å². The number of pyridine rings is 1. The number of halogens is 1. The zero-order valence-corrected chi connectivity index (χ0v) is 9.07. The van der Waals surface area contributed by atoms with Crippen molar-refractivity contribution in [3.63, 3.8) is 0 Å². The molecule has 0 amide bonds. The summed E-state index contributed by atoms with van der Waals surface area (Å²) in [5.41, 5.74) is 6.42. The van der Waals surface area contributed by atoms with Crippen LogP contribution in [0, 0.1) is 0 Å². The first-order valence-electron chi connectivity index (χ1n) is 4.67. The average Bonchev–Trinajstić information content (AvgIpc) is 2.69. The number of hydrogen-bond donors (Lipinski definition) is 1. The highest BCUT2D eigenvalue weighted by atomic mass is 35.5. The molecule has 0 bridgehead atoms. The summed E-state index contributed by atoms with van der Waals surface area (Å²) in [7, 11) is 0. The Hall–Kier alpha value is -1.55. The monoisotopic (exact) mass is 222 g/mol. The van der Waals surface area contributed by atoms with Gasteiger partial charge in [-0.05, 0) is 12.1 Å². The van der Waals surface area contributed by atoms with E-state index in [-0.39, 0.29) is 0 Å². The van der Waals surface area contributed by atoms with Crippen LogP contribution >= 0.6 is 11.6 Å². The normalized spacial score (nSPS) is 10.5. The first kappa shape index (κ1) is 9.98. The van der Waals surface area contributed by atoms with Crippen LogP contribution in [-0.2, 0) is 6.42 Å². The minimum absolute atomic E-state index is 0.426. The van der Waals surface area contributed by atoms with Gasteiger partial charge < -0.3 is 5.73 Å². The first-order chi connectivity index (χ1) is 7.22. The van der Waals surface area contributed by atoms with E-state index in [1.807, 2.05) is 17.7 Å². The van der Waals surface area contributed by atoms with E-state index in [2.05, 4.69) is 9.97 Å². The number of aryl methyl sites for hydroxylation is 1. The molecule has 0 unspecified atom stereocenters. The highest BCUT2D eigenvalue weighted by Gasteiger charge is 2.08. The van der Waals surface area contributed by atoms with Crippen molar-refractivity contribution in [3.8, 4) is 5.82 Å². The van der Waals surface area contributed by atoms with Gasteiger partial charge in [0.05, 0.1) is 5.69 Å². The lowest BCUT2D eigenvalue weighted by Crippen LogP contribution is -2.05. The quantitative estimate of drug-likeness (QED) is 0.792. The van der Waals surface area contributed by atoms with Gasteiger partial charge in [0.25, 0.3) is 0 Å². The molecule has 0 aromatic carbocycles. The minimum atomic E-state index is 0.426. The van der Waals surface area contributed by atoms with E-state index < -0.39 is 0 Å². The maximum absolute atomic E-state index is 5.83. The molecule has 2 heterocycles. The Morgan fingerprint density at radius 3 is 3.00 bits per heavy atom. The lowest BCUT2D eigenvalue weighted by Gasteiger charge is -2.08. The fraction of sp³-hybridized carbons (Fsp3) is 0.200. The topological polar surface area (TPSA) is 56.7 Å². The fourth-order valence-corrected chi connectivity index (χ4v) is 1.56. The van der Waals surface area contributed by atoms with Crippen LogP contribution in [0.4, 0.5) is 5.69 Å². The van der Waals surface area contributed by atoms with Crippen molar-refractivity contribution in [2.75, 3.05) is 5.73 Å². The zero-order valence-electron chi connectivity index (χ0n) is 8.31. The molecule has 5 heteroatoms. The SMILES string of the molecule is CCc1nccn1-c1nc(Cl)ccc1N. The van der Waals surface area contributed by atoms with Gasteiger partial charge in [0, 0.05) is 18.8 Å². The largest absolute Gasteiger partial charge is 0.396 e. The average molecular weight is 223 g/mol. The third-order valence-electron chi connectivity index (χ3n) is 2.13. The van der Waals surface area contributed by atoms with E-state index in [1.165, 1.54) is 0 Å². The summed E-state index contributed by atoms with van der Waals surface area (Å²) in [6, 6.07) is 3.41. The predicted octanol–water partition coefficient (Wildman–Crippen LogP) is 2.07. The Balaban J connectivity index is 2.58. The number of hydrogen-bond acceptors (Lipinski definition) is 3. The number of nitrogen functional groups attached to an aromatic ring is 1. The van der Waals surface area contributed by atoms with Crippen molar-refractivity contribution in [1.82, 2.24) is 14.5 Å². The second-order valence-corrected chi connectivity index (χ2v) is 3.50. The van der Waals surface area contributed by atoms with E-state index >= 15 is 0 Å². The molecule has 0 atom stereocenters. The van der Waals surface area contributed by atoms with Gasteiger partial charge in [-0.25, -0.2) is 9.97 Å². The number of anilines is 1. The molecule has 4 nitrogen and oxygen atoms in total. The second kappa shape index (κ2) is 3.90. The van der Waals surface area contributed by atoms with Gasteiger partial charge in [0.15, 0.2) is 5.82 Å². The molecule has 0 aliphatic carbocycles. The van der Waals surface area contributed by atoms with E-state index in [1.54, 1.807) is 18.3 Å². The molecule has 0 aliphatic heterocycles. The van der Waals surface area contributed by atoms with Crippen LogP contribution in [0.2, 0.25) is 5.15 Å². The van der Waals surface area contributed by atoms with Crippen LogP contribution in [0.15, 0.2) is 24.5 Å². The molecule has 2 aromatic rings. The third kappa shape index (κ3) is 1.80.